The quantitative estimate of drug-likeness (QED) is 0.865. The van der Waals surface area contributed by atoms with Gasteiger partial charge in [-0.05, 0) is 49.1 Å². The fourth-order valence-corrected chi connectivity index (χ4v) is 6.19. The monoisotopic (exact) mass is 314 g/mol. The van der Waals surface area contributed by atoms with E-state index in [1.54, 1.807) is 7.11 Å². The molecule has 2 bridgehead atoms. The molecule has 1 N–H and O–H groups in total. The van der Waals surface area contributed by atoms with Crippen LogP contribution in [0.4, 0.5) is 0 Å². The van der Waals surface area contributed by atoms with Gasteiger partial charge in [0, 0.05) is 12.0 Å². The lowest BCUT2D eigenvalue weighted by Crippen LogP contribution is -2.72. The van der Waals surface area contributed by atoms with Crippen molar-refractivity contribution in [3.63, 3.8) is 0 Å². The molecule has 1 aromatic rings. The summed E-state index contributed by atoms with van der Waals surface area (Å²) >= 11 is 0. The zero-order valence-corrected chi connectivity index (χ0v) is 13.6. The summed E-state index contributed by atoms with van der Waals surface area (Å²) in [7, 11) is 1.63. The van der Waals surface area contributed by atoms with E-state index in [0.29, 0.717) is 24.3 Å². The second-order valence-corrected chi connectivity index (χ2v) is 7.77. The van der Waals surface area contributed by atoms with Gasteiger partial charge in [-0.25, -0.2) is 0 Å². The van der Waals surface area contributed by atoms with E-state index < -0.39 is 17.1 Å². The number of carbonyl (C=O) groups excluding carboxylic acids is 1. The molecule has 122 valence electrons. The summed E-state index contributed by atoms with van der Waals surface area (Å²) in [5.41, 5.74) is 0.899. The van der Waals surface area contributed by atoms with Gasteiger partial charge in [-0.1, -0.05) is 13.0 Å². The molecule has 0 radical (unpaired) electrons. The van der Waals surface area contributed by atoms with E-state index in [9.17, 15) is 9.90 Å². The Morgan fingerprint density at radius 1 is 1.35 bits per heavy atom. The molecular formula is C19H22O4. The van der Waals surface area contributed by atoms with Crippen LogP contribution < -0.4 is 9.47 Å². The molecule has 1 heterocycles. The molecule has 0 saturated heterocycles. The molecule has 1 aliphatic heterocycles. The summed E-state index contributed by atoms with van der Waals surface area (Å²) in [6, 6.07) is 4.05. The Morgan fingerprint density at radius 3 is 2.96 bits per heavy atom. The molecule has 23 heavy (non-hydrogen) atoms. The van der Waals surface area contributed by atoms with Crippen molar-refractivity contribution in [3.8, 4) is 11.5 Å². The molecule has 0 amide bonds. The summed E-state index contributed by atoms with van der Waals surface area (Å²) in [4.78, 5) is 12.7. The molecule has 1 aromatic carbocycles. The zero-order chi connectivity index (χ0) is 16.0. The summed E-state index contributed by atoms with van der Waals surface area (Å²) in [6.07, 6.45) is 3.37. The van der Waals surface area contributed by atoms with Crippen LogP contribution in [0.1, 0.15) is 43.7 Å². The molecule has 2 fully saturated rings. The van der Waals surface area contributed by atoms with E-state index in [4.69, 9.17) is 9.47 Å². The molecule has 0 unspecified atom stereocenters. The van der Waals surface area contributed by atoms with Crippen molar-refractivity contribution in [3.05, 3.63) is 23.3 Å². The summed E-state index contributed by atoms with van der Waals surface area (Å²) in [6.45, 7) is 2.18. The van der Waals surface area contributed by atoms with Crippen molar-refractivity contribution in [1.29, 1.82) is 0 Å². The van der Waals surface area contributed by atoms with Crippen molar-refractivity contribution in [2.75, 3.05) is 7.11 Å². The smallest absolute Gasteiger partial charge is 0.174 e. The normalized spacial score (nSPS) is 42.9. The average molecular weight is 314 g/mol. The molecule has 4 nitrogen and oxygen atoms in total. The van der Waals surface area contributed by atoms with Crippen LogP contribution in [0.15, 0.2) is 12.1 Å². The summed E-state index contributed by atoms with van der Waals surface area (Å²) in [5, 5.41) is 11.8. The average Bonchev–Trinajstić information content (AvgIpc) is 2.91. The lowest BCUT2D eigenvalue weighted by molar-refractivity contribution is -0.190. The lowest BCUT2D eigenvalue weighted by Gasteiger charge is -2.62. The van der Waals surface area contributed by atoms with Gasteiger partial charge in [0.15, 0.2) is 23.4 Å². The molecule has 0 aromatic heterocycles. The molecule has 5 rings (SSSR count). The predicted octanol–water partition coefficient (Wildman–Crippen LogP) is 2.39. The van der Waals surface area contributed by atoms with E-state index in [1.807, 2.05) is 6.07 Å². The first-order valence-corrected chi connectivity index (χ1v) is 8.66. The van der Waals surface area contributed by atoms with Crippen LogP contribution in [0.25, 0.3) is 0 Å². The Labute approximate surface area is 135 Å². The molecule has 3 aliphatic carbocycles. The van der Waals surface area contributed by atoms with Crippen LogP contribution >= 0.6 is 0 Å². The molecule has 4 heteroatoms. The SMILES string of the molecule is COc1ccc2c3c1O[C@H]1C(=O)CC[C@@]4(O)[C@H](CC[C@H](C)[C@]314)C2. The van der Waals surface area contributed by atoms with Gasteiger partial charge in [-0.3, -0.25) is 4.79 Å². The van der Waals surface area contributed by atoms with Crippen LogP contribution in [-0.4, -0.2) is 29.7 Å². The van der Waals surface area contributed by atoms with Gasteiger partial charge in [0.25, 0.3) is 0 Å². The van der Waals surface area contributed by atoms with Crippen molar-refractivity contribution >= 4 is 5.78 Å². The maximum atomic E-state index is 12.7. The van der Waals surface area contributed by atoms with Crippen LogP contribution in [0.5, 0.6) is 11.5 Å². The Hall–Kier alpha value is -1.55. The second-order valence-electron chi connectivity index (χ2n) is 7.77. The van der Waals surface area contributed by atoms with Crippen LogP contribution in [0.2, 0.25) is 0 Å². The Bertz CT molecular complexity index is 726. The minimum Gasteiger partial charge on any atom is -0.493 e. The van der Waals surface area contributed by atoms with E-state index in [0.717, 1.165) is 24.8 Å². The lowest BCUT2D eigenvalue weighted by atomic mass is 9.42. The van der Waals surface area contributed by atoms with Crippen molar-refractivity contribution in [2.45, 2.75) is 56.1 Å². The number of carbonyl (C=O) groups is 1. The number of aliphatic hydroxyl groups is 1. The first-order valence-electron chi connectivity index (χ1n) is 8.66. The second kappa shape index (κ2) is 4.10. The van der Waals surface area contributed by atoms with Crippen LogP contribution in [0.3, 0.4) is 0 Å². The fourth-order valence-electron chi connectivity index (χ4n) is 6.19. The maximum Gasteiger partial charge on any atom is 0.174 e. The number of hydrogen-bond donors (Lipinski definition) is 1. The summed E-state index contributed by atoms with van der Waals surface area (Å²) in [5.74, 6) is 1.97. The van der Waals surface area contributed by atoms with Gasteiger partial charge in [0.05, 0.1) is 18.1 Å². The molecular weight excluding hydrogens is 292 g/mol. The molecule has 1 spiro atoms. The van der Waals surface area contributed by atoms with Gasteiger partial charge in [-0.15, -0.1) is 0 Å². The van der Waals surface area contributed by atoms with Gasteiger partial charge >= 0.3 is 0 Å². The van der Waals surface area contributed by atoms with Gasteiger partial charge in [-0.2, -0.15) is 0 Å². The number of ketones is 1. The highest BCUT2D eigenvalue weighted by Gasteiger charge is 2.73. The largest absolute Gasteiger partial charge is 0.493 e. The minimum absolute atomic E-state index is 0.133. The highest BCUT2D eigenvalue weighted by atomic mass is 16.5. The van der Waals surface area contributed by atoms with E-state index >= 15 is 0 Å². The van der Waals surface area contributed by atoms with Crippen LogP contribution in [0, 0.1) is 11.8 Å². The Morgan fingerprint density at radius 2 is 2.17 bits per heavy atom. The first-order chi connectivity index (χ1) is 11.0. The number of hydrogen-bond acceptors (Lipinski definition) is 4. The minimum atomic E-state index is -0.826. The maximum absolute atomic E-state index is 12.7. The van der Waals surface area contributed by atoms with Gasteiger partial charge < -0.3 is 14.6 Å². The highest BCUT2D eigenvalue weighted by Crippen LogP contribution is 2.68. The highest BCUT2D eigenvalue weighted by molar-refractivity contribution is 5.90. The third kappa shape index (κ3) is 1.29. The Balaban J connectivity index is 1.89. The van der Waals surface area contributed by atoms with Crippen molar-refractivity contribution in [2.24, 2.45) is 11.8 Å². The van der Waals surface area contributed by atoms with E-state index in [2.05, 4.69) is 13.0 Å². The molecule has 2 saturated carbocycles. The standard InChI is InChI=1S/C19H22O4/c1-10-3-5-12-9-11-4-6-14(22-2)16-15(11)19(10)17(23-16)13(20)7-8-18(12,19)21/h4,6,10,12,17,21H,3,5,7-9H2,1-2H3/t10-,12+,17-,18+,19-/m0/s1. The predicted molar refractivity (Wildman–Crippen MR) is 83.9 cm³/mol. The fraction of sp³-hybridized carbons (Fsp3) is 0.632. The Kier molecular flexibility index (Phi) is 2.47. The van der Waals surface area contributed by atoms with Crippen LogP contribution in [-0.2, 0) is 16.6 Å². The third-order valence-corrected chi connectivity index (χ3v) is 7.12. The number of benzene rings is 1. The summed E-state index contributed by atoms with van der Waals surface area (Å²) < 4.78 is 11.7. The van der Waals surface area contributed by atoms with Crippen molar-refractivity contribution < 1.29 is 19.4 Å². The third-order valence-electron chi connectivity index (χ3n) is 7.12. The van der Waals surface area contributed by atoms with E-state index in [-0.39, 0.29) is 17.6 Å². The molecule has 5 atom stereocenters. The topological polar surface area (TPSA) is 55.8 Å². The zero-order valence-electron chi connectivity index (χ0n) is 13.6. The van der Waals surface area contributed by atoms with Gasteiger partial charge in [0.1, 0.15) is 0 Å². The van der Waals surface area contributed by atoms with E-state index in [1.165, 1.54) is 5.56 Å². The first kappa shape index (κ1) is 13.8. The van der Waals surface area contributed by atoms with Crippen molar-refractivity contribution in [1.82, 2.24) is 0 Å². The number of ether oxygens (including phenoxy) is 2. The number of rotatable bonds is 1. The number of Topliss-reactive ketones (excluding diaryl/α,β-unsaturated/α-hetero) is 1. The molecule has 4 aliphatic rings. The van der Waals surface area contributed by atoms with Gasteiger partial charge in [0.2, 0.25) is 0 Å². The number of methoxy groups -OCH3 is 1.